The van der Waals surface area contributed by atoms with Gasteiger partial charge >= 0.3 is 7.32 Å². The molecule has 10 heteroatoms. The third-order valence-corrected chi connectivity index (χ3v) is 5.19. The highest BCUT2D eigenvalue weighted by Gasteiger charge is 2.25. The van der Waals surface area contributed by atoms with Crippen molar-refractivity contribution in [2.75, 3.05) is 34.6 Å². The summed E-state index contributed by atoms with van der Waals surface area (Å²) in [6.45, 7) is 1.69. The van der Waals surface area contributed by atoms with E-state index in [1.807, 2.05) is 24.3 Å². The smallest absolute Gasteiger partial charge is 0.493 e. The normalized spacial score (nSPS) is 15.2. The highest BCUT2D eigenvalue weighted by Crippen LogP contribution is 2.38. The standard InChI is InChI=1S/C21H23NO5.BH3O3/c1-22-7-6-14-9-19-20(27-12-26-19)10-15(14)17(23)8-13-4-5-18(24-2)21(25-3)16(13)11-22;2-1(3)4/h4-5,9-10H,6-8,11-12H2,1-3H3;2-4H. The van der Waals surface area contributed by atoms with Crippen LogP contribution in [0.25, 0.3) is 0 Å². The Bertz CT molecular complexity index is 947. The number of hydrogen-bond donors (Lipinski definition) is 3. The Morgan fingerprint density at radius 1 is 1.03 bits per heavy atom. The van der Waals surface area contributed by atoms with Crippen LogP contribution in [0.1, 0.15) is 27.0 Å². The Balaban J connectivity index is 0.000000628. The summed E-state index contributed by atoms with van der Waals surface area (Å²) in [6.07, 6.45) is 1.06. The van der Waals surface area contributed by atoms with Gasteiger partial charge in [-0.3, -0.25) is 4.79 Å². The molecular weight excluding hydrogens is 405 g/mol. The molecule has 2 aliphatic rings. The molecule has 0 aromatic heterocycles. The van der Waals surface area contributed by atoms with Gasteiger partial charge in [-0.05, 0) is 42.8 Å². The summed E-state index contributed by atoms with van der Waals surface area (Å²) >= 11 is 0. The van der Waals surface area contributed by atoms with Gasteiger partial charge in [0.05, 0.1) is 14.2 Å². The number of rotatable bonds is 2. The first-order valence-corrected chi connectivity index (χ1v) is 9.75. The van der Waals surface area contributed by atoms with E-state index in [1.54, 1.807) is 14.2 Å². The van der Waals surface area contributed by atoms with Gasteiger partial charge in [0.25, 0.3) is 0 Å². The fraction of sp³-hybridized carbons (Fsp3) is 0.381. The number of nitrogens with zero attached hydrogens (tertiary/aromatic N) is 1. The number of methoxy groups -OCH3 is 2. The monoisotopic (exact) mass is 431 g/mol. The van der Waals surface area contributed by atoms with Crippen LogP contribution in [0.15, 0.2) is 24.3 Å². The minimum Gasteiger partial charge on any atom is -0.493 e. The molecule has 0 saturated heterocycles. The second-order valence-corrected chi connectivity index (χ2v) is 7.24. The third-order valence-electron chi connectivity index (χ3n) is 5.19. The molecule has 31 heavy (non-hydrogen) atoms. The van der Waals surface area contributed by atoms with Crippen molar-refractivity contribution in [3.63, 3.8) is 0 Å². The molecule has 0 aliphatic carbocycles. The summed E-state index contributed by atoms with van der Waals surface area (Å²) in [6, 6.07) is 7.58. The minimum atomic E-state index is -2.17. The zero-order valence-corrected chi connectivity index (χ0v) is 17.8. The third kappa shape index (κ3) is 5.29. The molecule has 0 spiro atoms. The van der Waals surface area contributed by atoms with Crippen molar-refractivity contribution in [3.05, 3.63) is 46.5 Å². The molecule has 2 aromatic rings. The lowest BCUT2D eigenvalue weighted by molar-refractivity contribution is 0.0990. The number of hydrogen-bond acceptors (Lipinski definition) is 9. The van der Waals surface area contributed by atoms with Crippen molar-refractivity contribution < 1.29 is 38.8 Å². The predicted molar refractivity (Wildman–Crippen MR) is 113 cm³/mol. The van der Waals surface area contributed by atoms with E-state index in [9.17, 15) is 4.79 Å². The summed E-state index contributed by atoms with van der Waals surface area (Å²) in [5.74, 6) is 2.80. The van der Waals surface area contributed by atoms with Gasteiger partial charge in [0, 0.05) is 30.6 Å². The van der Waals surface area contributed by atoms with Crippen LogP contribution in [0.4, 0.5) is 0 Å². The highest BCUT2D eigenvalue weighted by atomic mass is 16.7. The maximum absolute atomic E-state index is 13.1. The second kappa shape index (κ2) is 10.0. The Morgan fingerprint density at radius 3 is 2.35 bits per heavy atom. The minimum absolute atomic E-state index is 0.0707. The van der Waals surface area contributed by atoms with Crippen LogP contribution in [-0.2, 0) is 19.4 Å². The molecule has 0 fully saturated rings. The Kier molecular flexibility index (Phi) is 7.39. The molecule has 0 bridgehead atoms. The summed E-state index contributed by atoms with van der Waals surface area (Å²) < 4.78 is 22.0. The summed E-state index contributed by atoms with van der Waals surface area (Å²) in [7, 11) is 3.16. The van der Waals surface area contributed by atoms with E-state index in [2.05, 4.69) is 11.9 Å². The number of benzene rings is 2. The average molecular weight is 431 g/mol. The molecule has 0 saturated carbocycles. The maximum Gasteiger partial charge on any atom is 0.631 e. The quantitative estimate of drug-likeness (QED) is 0.594. The number of ketones is 1. The predicted octanol–water partition coefficient (Wildman–Crippen LogP) is 0.794. The van der Waals surface area contributed by atoms with Crippen molar-refractivity contribution in [1.29, 1.82) is 0 Å². The molecule has 166 valence electrons. The van der Waals surface area contributed by atoms with E-state index >= 15 is 0 Å². The van der Waals surface area contributed by atoms with Gasteiger partial charge in [-0.1, -0.05) is 6.07 Å². The van der Waals surface area contributed by atoms with Gasteiger partial charge in [-0.2, -0.15) is 0 Å². The highest BCUT2D eigenvalue weighted by molar-refractivity contribution is 6.30. The van der Waals surface area contributed by atoms with Gasteiger partial charge in [-0.15, -0.1) is 0 Å². The van der Waals surface area contributed by atoms with Gasteiger partial charge in [-0.25, -0.2) is 0 Å². The van der Waals surface area contributed by atoms with Crippen LogP contribution < -0.4 is 18.9 Å². The fourth-order valence-electron chi connectivity index (χ4n) is 3.75. The maximum atomic E-state index is 13.1. The zero-order valence-electron chi connectivity index (χ0n) is 17.8. The van der Waals surface area contributed by atoms with Crippen molar-refractivity contribution in [2.24, 2.45) is 0 Å². The first kappa shape index (κ1) is 22.9. The number of Topliss-reactive ketones (excluding diaryl/α,β-unsaturated/α-hetero) is 1. The average Bonchev–Trinajstić information content (AvgIpc) is 3.19. The van der Waals surface area contributed by atoms with Crippen molar-refractivity contribution in [3.8, 4) is 23.0 Å². The van der Waals surface area contributed by atoms with E-state index in [-0.39, 0.29) is 12.6 Å². The molecule has 0 radical (unpaired) electrons. The van der Waals surface area contributed by atoms with Gasteiger partial charge in [0.2, 0.25) is 6.79 Å². The molecular formula is C21H26BNO8. The fourth-order valence-corrected chi connectivity index (χ4v) is 3.75. The molecule has 0 amide bonds. The lowest BCUT2D eigenvalue weighted by Crippen LogP contribution is -2.24. The van der Waals surface area contributed by atoms with Crippen molar-refractivity contribution >= 4 is 13.1 Å². The molecule has 4 rings (SSSR count). The molecule has 3 N–H and O–H groups in total. The van der Waals surface area contributed by atoms with Crippen LogP contribution >= 0.6 is 0 Å². The first-order chi connectivity index (χ1) is 14.8. The number of carbonyl (C=O) groups is 1. The van der Waals surface area contributed by atoms with Gasteiger partial charge in [0.15, 0.2) is 28.8 Å². The van der Waals surface area contributed by atoms with Crippen LogP contribution in [0, 0.1) is 0 Å². The largest absolute Gasteiger partial charge is 0.631 e. The Labute approximate surface area is 180 Å². The summed E-state index contributed by atoms with van der Waals surface area (Å²) in [5, 5.41) is 21.5. The van der Waals surface area contributed by atoms with E-state index in [0.29, 0.717) is 41.5 Å². The van der Waals surface area contributed by atoms with E-state index < -0.39 is 7.32 Å². The van der Waals surface area contributed by atoms with Crippen LogP contribution in [0.3, 0.4) is 0 Å². The van der Waals surface area contributed by atoms with Crippen molar-refractivity contribution in [1.82, 2.24) is 4.90 Å². The van der Waals surface area contributed by atoms with Crippen LogP contribution in [-0.4, -0.2) is 67.7 Å². The van der Waals surface area contributed by atoms with Crippen LogP contribution in [0.5, 0.6) is 23.0 Å². The lowest BCUT2D eigenvalue weighted by atomic mass is 9.92. The topological polar surface area (TPSA) is 118 Å². The zero-order chi connectivity index (χ0) is 22.5. The lowest BCUT2D eigenvalue weighted by Gasteiger charge is -2.24. The number of fused-ring (bicyclic) bond motifs is 3. The summed E-state index contributed by atoms with van der Waals surface area (Å²) in [4.78, 5) is 15.4. The Morgan fingerprint density at radius 2 is 1.71 bits per heavy atom. The molecule has 9 nitrogen and oxygen atoms in total. The summed E-state index contributed by atoms with van der Waals surface area (Å²) in [5.41, 5.74) is 3.65. The molecule has 0 unspecified atom stereocenters. The van der Waals surface area contributed by atoms with E-state index in [1.165, 1.54) is 0 Å². The Hall–Kier alpha value is -2.79. The second-order valence-electron chi connectivity index (χ2n) is 7.24. The first-order valence-electron chi connectivity index (χ1n) is 9.75. The van der Waals surface area contributed by atoms with E-state index in [0.717, 1.165) is 29.7 Å². The SMILES string of the molecule is COc1ccc2c(c1OC)CN(C)CCc1cc3c(cc1C(=O)C2)OCO3.OB(O)O. The van der Waals surface area contributed by atoms with Gasteiger partial charge < -0.3 is 38.9 Å². The number of carbonyl (C=O) groups excluding carboxylic acids is 1. The van der Waals surface area contributed by atoms with Gasteiger partial charge in [0.1, 0.15) is 0 Å². The molecule has 0 atom stereocenters. The molecule has 2 aromatic carbocycles. The molecule has 2 aliphatic heterocycles. The molecule has 2 heterocycles. The van der Waals surface area contributed by atoms with E-state index in [4.69, 9.17) is 34.0 Å². The van der Waals surface area contributed by atoms with Crippen molar-refractivity contribution in [2.45, 2.75) is 19.4 Å². The van der Waals surface area contributed by atoms with Crippen LogP contribution in [0.2, 0.25) is 0 Å². The number of ether oxygens (including phenoxy) is 4. The number of likely N-dealkylation sites (N-methyl/N-ethyl adjacent to an activating group) is 1.